The number of methoxy groups -OCH3 is 1. The Morgan fingerprint density at radius 1 is 0.902 bits per heavy atom. The topological polar surface area (TPSA) is 243 Å². The second-order valence-corrected chi connectivity index (χ2v) is 26.9. The van der Waals surface area contributed by atoms with E-state index in [2.05, 4.69) is 82.3 Å². The molecule has 4 aromatic rings. The average molecular weight is 1120 g/mol. The third-order valence-electron chi connectivity index (χ3n) is 22.7. The average Bonchev–Trinajstić information content (AvgIpc) is 1.42. The third kappa shape index (κ3) is 9.81. The van der Waals surface area contributed by atoms with Crippen molar-refractivity contribution in [2.24, 2.45) is 58.5 Å². The van der Waals surface area contributed by atoms with E-state index in [-0.39, 0.29) is 114 Å². The summed E-state index contributed by atoms with van der Waals surface area (Å²) in [5, 5.41) is 83.7. The minimum Gasteiger partial charge on any atom is -0.504 e. The number of nitrogens with two attached hydrogens (primary N) is 1. The molecular weight excluding hydrogens is 1030 g/mol. The standard InChI is InChI=1S/C68H85N5O9/c1-67(20-5-6-21-67)73-35-49-60(44(14-16-59(80)81)48-34-71-50-32-51(74)45-13-11-43-33-72-66-61(43)62(45)65(50)63(48)64(49)66)42-18-23-68(57(79)28-42)22-17-40(47-31-54(77)55(82-2)27-39(47)12-15-56(68)78)26-52(75)53(76)30-46(41-19-24-70-58(69)29-41)38-10-9-36-7-3-4-8-37(36)25-38/h3-4,7-10,19,25,27,29,31,33,40,42,44-46,48-50,52-53,57,59-60,62-65,70-73,75-77,79-81H,5-6,11-16,18,20-21,23-24,26,28,30,32,34-35,69H2,1-2H3. The second kappa shape index (κ2) is 22.2. The van der Waals surface area contributed by atoms with Crippen molar-refractivity contribution in [3.63, 3.8) is 0 Å². The van der Waals surface area contributed by atoms with Crippen LogP contribution in [-0.4, -0.2) is 110 Å². The van der Waals surface area contributed by atoms with Crippen molar-refractivity contribution in [3.05, 3.63) is 118 Å². The van der Waals surface area contributed by atoms with Crippen LogP contribution < -0.4 is 26.4 Å². The van der Waals surface area contributed by atoms with Gasteiger partial charge in [0.15, 0.2) is 23.6 Å². The van der Waals surface area contributed by atoms with Crippen LogP contribution in [0.15, 0.2) is 84.3 Å². The number of Topliss-reactive ketones (excluding diaryl/α,β-unsaturated/α-hetero) is 2. The number of fused-ring (bicyclic) bond motifs is 3. The van der Waals surface area contributed by atoms with Gasteiger partial charge in [0.2, 0.25) is 0 Å². The van der Waals surface area contributed by atoms with Crippen LogP contribution in [-0.2, 0) is 22.4 Å². The van der Waals surface area contributed by atoms with Crippen molar-refractivity contribution in [3.8, 4) is 23.3 Å². The first kappa shape index (κ1) is 55.7. The number of phenols is 1. The number of dihydropyridines is 1. The van der Waals surface area contributed by atoms with Crippen LogP contribution in [0.2, 0.25) is 0 Å². The van der Waals surface area contributed by atoms with Gasteiger partial charge in [0.05, 0.1) is 31.2 Å². The summed E-state index contributed by atoms with van der Waals surface area (Å²) in [6.07, 6.45) is 10.8. The second-order valence-electron chi connectivity index (χ2n) is 26.9. The molecule has 436 valence electrons. The summed E-state index contributed by atoms with van der Waals surface area (Å²) < 4.78 is 5.60. The van der Waals surface area contributed by atoms with Gasteiger partial charge in [-0.15, -0.1) is 0 Å². The Morgan fingerprint density at radius 2 is 1.72 bits per heavy atom. The van der Waals surface area contributed by atoms with E-state index in [0.29, 0.717) is 67.7 Å². The molecule has 14 heteroatoms. The van der Waals surface area contributed by atoms with E-state index in [1.165, 1.54) is 36.8 Å². The maximum Gasteiger partial charge on any atom is 0.160 e. The number of piperidine rings is 1. The number of aromatic amines is 1. The maximum atomic E-state index is 15.2. The zero-order valence-electron chi connectivity index (χ0n) is 47.7. The Bertz CT molecular complexity index is 3220. The number of nitrogens with one attached hydrogen (secondary N) is 4. The molecule has 0 bridgehead atoms. The number of aliphatic hydroxyl groups excluding tert-OH is 4. The summed E-state index contributed by atoms with van der Waals surface area (Å²) in [5.41, 5.74) is 12.2. The lowest BCUT2D eigenvalue weighted by Crippen LogP contribution is -2.67. The number of aromatic hydroxyl groups is 1. The van der Waals surface area contributed by atoms with Gasteiger partial charge < -0.3 is 62.0 Å². The summed E-state index contributed by atoms with van der Waals surface area (Å²) in [6, 6.07) is 17.9. The van der Waals surface area contributed by atoms with Gasteiger partial charge in [-0.1, -0.05) is 73.2 Å². The number of aromatic nitrogens is 1. The van der Waals surface area contributed by atoms with E-state index in [0.717, 1.165) is 66.2 Å². The van der Waals surface area contributed by atoms with Crippen molar-refractivity contribution in [1.29, 1.82) is 0 Å². The number of carbonyl (C=O) groups excluding carboxylic acids is 2. The third-order valence-corrected chi connectivity index (χ3v) is 22.7. The molecule has 17 unspecified atom stereocenters. The summed E-state index contributed by atoms with van der Waals surface area (Å²) in [5.74, 6) is 8.23. The van der Waals surface area contributed by atoms with Gasteiger partial charge in [-0.05, 0) is 201 Å². The molecule has 5 fully saturated rings. The fraction of sp³-hybridized carbons (Fsp3) is 0.588. The monoisotopic (exact) mass is 1120 g/mol. The Kier molecular flexibility index (Phi) is 15.0. The van der Waals surface area contributed by atoms with Crippen LogP contribution in [0.4, 0.5) is 0 Å². The first-order valence-corrected chi connectivity index (χ1v) is 31.1. The number of hydrogen-bond donors (Lipinski definition) is 11. The number of aliphatic hydroxyl groups is 5. The van der Waals surface area contributed by atoms with Crippen molar-refractivity contribution in [2.45, 2.75) is 170 Å². The van der Waals surface area contributed by atoms with E-state index in [4.69, 9.17) is 10.5 Å². The van der Waals surface area contributed by atoms with Crippen molar-refractivity contribution >= 4 is 22.3 Å². The highest BCUT2D eigenvalue weighted by Gasteiger charge is 2.65. The number of aryl methyl sites for hydroxylation is 2. The summed E-state index contributed by atoms with van der Waals surface area (Å²) in [7, 11) is 1.49. The smallest absolute Gasteiger partial charge is 0.160 e. The lowest BCUT2D eigenvalue weighted by molar-refractivity contribution is -0.146. The Hall–Kier alpha value is -5.50. The molecule has 2 aliphatic heterocycles. The van der Waals surface area contributed by atoms with Crippen LogP contribution in [0.3, 0.4) is 0 Å². The molecule has 3 heterocycles. The van der Waals surface area contributed by atoms with Crippen LogP contribution in [0.25, 0.3) is 10.8 Å². The first-order chi connectivity index (χ1) is 39.6. The largest absolute Gasteiger partial charge is 0.504 e. The lowest BCUT2D eigenvalue weighted by Gasteiger charge is -2.65. The predicted octanol–water partition coefficient (Wildman–Crippen LogP) is 7.36. The molecule has 0 amide bonds. The predicted molar refractivity (Wildman–Crippen MR) is 313 cm³/mol. The maximum absolute atomic E-state index is 15.2. The Morgan fingerprint density at radius 3 is 2.50 bits per heavy atom. The number of phenolic OH excluding ortho intramolecular Hbond substituents is 1. The van der Waals surface area contributed by atoms with Crippen molar-refractivity contribution < 1.29 is 45.0 Å². The normalized spacial score (nSPS) is 34.5. The number of carbonyl (C=O) groups is 2. The molecule has 1 saturated heterocycles. The number of hydrogen-bond acceptors (Lipinski definition) is 13. The molecule has 9 aliphatic rings. The van der Waals surface area contributed by atoms with Gasteiger partial charge in [0.1, 0.15) is 11.2 Å². The van der Waals surface area contributed by atoms with Crippen molar-refractivity contribution in [2.75, 3.05) is 26.7 Å². The highest BCUT2D eigenvalue weighted by Crippen LogP contribution is 2.68. The highest BCUT2D eigenvalue weighted by atomic mass is 16.5. The molecule has 1 aromatic heterocycles. The molecule has 13 rings (SSSR count). The molecule has 3 aromatic carbocycles. The minimum absolute atomic E-state index is 0.00682. The molecule has 17 atom stereocenters. The fourth-order valence-electron chi connectivity index (χ4n) is 18.8. The quantitative estimate of drug-likeness (QED) is 0.0413. The summed E-state index contributed by atoms with van der Waals surface area (Å²) >= 11 is 0. The first-order valence-electron chi connectivity index (χ1n) is 31.1. The van der Waals surface area contributed by atoms with Crippen LogP contribution >= 0.6 is 0 Å². The van der Waals surface area contributed by atoms with Crippen LogP contribution in [0, 0.1) is 64.6 Å². The van der Waals surface area contributed by atoms with E-state index in [9.17, 15) is 35.4 Å². The number of rotatable bonds is 15. The molecule has 14 nitrogen and oxygen atoms in total. The van der Waals surface area contributed by atoms with Gasteiger partial charge >= 0.3 is 0 Å². The van der Waals surface area contributed by atoms with Gasteiger partial charge in [0.25, 0.3) is 0 Å². The number of ether oxygens (including phenoxy) is 1. The minimum atomic E-state index is -1.46. The Balaban J connectivity index is 0.841. The zero-order valence-corrected chi connectivity index (χ0v) is 47.7. The number of allylic oxidation sites excluding steroid dienone is 2. The molecule has 4 saturated carbocycles. The number of benzene rings is 3. The zero-order chi connectivity index (χ0) is 56.8. The van der Waals surface area contributed by atoms with Crippen LogP contribution in [0.1, 0.15) is 154 Å². The SMILES string of the molecule is COc1cc2c(cc1O)C(CC(O)C(O)CC(C1=CCNC(N)=C1)c1ccc3ccccc3c1)C#CC1(CCC(C3C(CCC(O)O)C4CNC5CC(=O)C6CCc7c[nH]c8c7C6C5C4C8C3CNC3(C)CCCC3)CC1O)C(=O)CC2. The molecule has 0 radical (unpaired) electrons. The highest BCUT2D eigenvalue weighted by molar-refractivity contribution is 5.89. The fourth-order valence-corrected chi connectivity index (χ4v) is 18.8. The lowest BCUT2D eigenvalue weighted by atomic mass is 9.41. The molecule has 82 heavy (non-hydrogen) atoms. The van der Waals surface area contributed by atoms with Crippen molar-refractivity contribution in [1.82, 2.24) is 20.9 Å². The van der Waals surface area contributed by atoms with Gasteiger partial charge in [-0.25, -0.2) is 0 Å². The molecule has 1 spiro atoms. The summed E-state index contributed by atoms with van der Waals surface area (Å²) in [4.78, 5) is 33.1. The number of ketones is 2. The molecule has 7 aliphatic carbocycles. The van der Waals surface area contributed by atoms with Gasteiger partial charge in [-0.2, -0.15) is 0 Å². The van der Waals surface area contributed by atoms with Gasteiger partial charge in [0, 0.05) is 72.4 Å². The number of H-pyrrole nitrogens is 1. The van der Waals surface area contributed by atoms with E-state index < -0.39 is 35.9 Å². The van der Waals surface area contributed by atoms with Gasteiger partial charge in [-0.3, -0.25) is 9.59 Å². The van der Waals surface area contributed by atoms with E-state index in [1.807, 2.05) is 18.2 Å². The summed E-state index contributed by atoms with van der Waals surface area (Å²) in [6.45, 7) is 4.42. The van der Waals surface area contributed by atoms with E-state index in [1.54, 1.807) is 12.1 Å². The van der Waals surface area contributed by atoms with E-state index >= 15 is 4.79 Å². The Labute approximate surface area is 482 Å². The molecule has 12 N–H and O–H groups in total. The molecular formula is C68H85N5O9. The van der Waals surface area contributed by atoms with Crippen LogP contribution in [0.5, 0.6) is 11.5 Å².